The average Bonchev–Trinajstić information content (AvgIpc) is 3.47. The SMILES string of the molecule is C[C@@H](Oc1ccc2ncc3c(c2c1)CCOC3)c1cn(C23COC(CF)(C2)C3)nn1. The number of fused-ring (bicyclic) bond motifs is 4. The number of hydrogen-bond donors (Lipinski definition) is 0. The number of nitrogens with zero attached hydrogens (tertiary/aromatic N) is 4. The molecule has 0 N–H and O–H groups in total. The van der Waals surface area contributed by atoms with Crippen molar-refractivity contribution in [3.8, 4) is 5.75 Å². The fraction of sp³-hybridized carbons (Fsp3) is 0.500. The number of hydrogen-bond acceptors (Lipinski definition) is 6. The fourth-order valence-corrected chi connectivity index (χ4v) is 5.08. The maximum atomic E-state index is 13.2. The van der Waals surface area contributed by atoms with E-state index in [1.54, 1.807) is 0 Å². The van der Waals surface area contributed by atoms with Crippen molar-refractivity contribution in [2.24, 2.45) is 0 Å². The first kappa shape index (κ1) is 18.2. The zero-order valence-corrected chi connectivity index (χ0v) is 16.8. The van der Waals surface area contributed by atoms with Crippen molar-refractivity contribution in [3.05, 3.63) is 47.4 Å². The topological polar surface area (TPSA) is 71.3 Å². The van der Waals surface area contributed by atoms with Crippen LogP contribution < -0.4 is 4.74 Å². The Balaban J connectivity index is 1.23. The van der Waals surface area contributed by atoms with Crippen molar-refractivity contribution in [3.63, 3.8) is 0 Å². The van der Waals surface area contributed by atoms with Crippen LogP contribution in [0.15, 0.2) is 30.6 Å². The van der Waals surface area contributed by atoms with Crippen LogP contribution in [0.2, 0.25) is 0 Å². The zero-order chi connectivity index (χ0) is 20.3. The minimum Gasteiger partial charge on any atom is -0.484 e. The van der Waals surface area contributed by atoms with Crippen LogP contribution in [0.5, 0.6) is 5.75 Å². The number of rotatable bonds is 5. The Morgan fingerprint density at radius 3 is 3.07 bits per heavy atom. The molecule has 8 heteroatoms. The Hall–Kier alpha value is -2.58. The molecule has 1 aromatic carbocycles. The normalized spacial score (nSPS) is 28.2. The van der Waals surface area contributed by atoms with Gasteiger partial charge in [-0.3, -0.25) is 4.98 Å². The van der Waals surface area contributed by atoms with Gasteiger partial charge >= 0.3 is 0 Å². The van der Waals surface area contributed by atoms with Gasteiger partial charge in [-0.15, -0.1) is 5.10 Å². The maximum Gasteiger partial charge on any atom is 0.141 e. The number of halogens is 1. The number of pyridine rings is 1. The molecule has 30 heavy (non-hydrogen) atoms. The lowest BCUT2D eigenvalue weighted by Gasteiger charge is -2.42. The highest BCUT2D eigenvalue weighted by Crippen LogP contribution is 2.56. The van der Waals surface area contributed by atoms with E-state index in [1.165, 1.54) is 5.56 Å². The van der Waals surface area contributed by atoms with E-state index < -0.39 is 12.3 Å². The Kier molecular flexibility index (Phi) is 3.92. The highest BCUT2D eigenvalue weighted by atomic mass is 19.1. The van der Waals surface area contributed by atoms with Crippen LogP contribution in [0.4, 0.5) is 4.39 Å². The van der Waals surface area contributed by atoms with Gasteiger partial charge in [0, 0.05) is 24.4 Å². The first-order valence-corrected chi connectivity index (χ1v) is 10.4. The second-order valence-corrected chi connectivity index (χ2v) is 8.77. The van der Waals surface area contributed by atoms with E-state index >= 15 is 0 Å². The molecule has 1 atom stereocenters. The molecule has 0 amide bonds. The predicted molar refractivity (Wildman–Crippen MR) is 106 cm³/mol. The van der Waals surface area contributed by atoms with Crippen molar-refractivity contribution < 1.29 is 18.6 Å². The van der Waals surface area contributed by atoms with Crippen LogP contribution in [0, 0.1) is 0 Å². The third-order valence-electron chi connectivity index (χ3n) is 6.71. The highest BCUT2D eigenvalue weighted by molar-refractivity contribution is 5.84. The number of benzene rings is 1. The molecular formula is C22H23FN4O3. The summed E-state index contributed by atoms with van der Waals surface area (Å²) in [7, 11) is 0. The molecule has 7 rings (SSSR count). The minimum atomic E-state index is -0.600. The summed E-state index contributed by atoms with van der Waals surface area (Å²) in [5.74, 6) is 0.772. The first-order valence-electron chi connectivity index (χ1n) is 10.4. The highest BCUT2D eigenvalue weighted by Gasteiger charge is 2.64. The molecule has 0 spiro atoms. The summed E-state index contributed by atoms with van der Waals surface area (Å²) in [6, 6.07) is 5.98. The summed E-state index contributed by atoms with van der Waals surface area (Å²) in [4.78, 5) is 4.55. The van der Waals surface area contributed by atoms with E-state index in [0.717, 1.165) is 40.9 Å². The van der Waals surface area contributed by atoms with E-state index in [4.69, 9.17) is 14.2 Å². The second kappa shape index (κ2) is 6.46. The van der Waals surface area contributed by atoms with Crippen LogP contribution in [0.1, 0.15) is 42.7 Å². The van der Waals surface area contributed by atoms with Crippen LogP contribution >= 0.6 is 0 Å². The molecule has 7 nitrogen and oxygen atoms in total. The van der Waals surface area contributed by atoms with Crippen molar-refractivity contribution >= 4 is 10.9 Å². The summed E-state index contributed by atoms with van der Waals surface area (Å²) >= 11 is 0. The molecule has 2 aromatic heterocycles. The second-order valence-electron chi connectivity index (χ2n) is 8.77. The molecule has 0 radical (unpaired) electrons. The molecular weight excluding hydrogens is 387 g/mol. The molecule has 3 fully saturated rings. The number of aromatic nitrogens is 4. The summed E-state index contributed by atoms with van der Waals surface area (Å²) in [6.45, 7) is 3.34. The predicted octanol–water partition coefficient (Wildman–Crippen LogP) is 3.27. The van der Waals surface area contributed by atoms with Crippen LogP contribution in [0.3, 0.4) is 0 Å². The van der Waals surface area contributed by atoms with E-state index in [2.05, 4.69) is 21.4 Å². The Morgan fingerprint density at radius 2 is 2.23 bits per heavy atom. The molecule has 2 bridgehead atoms. The van der Waals surface area contributed by atoms with Gasteiger partial charge in [0.05, 0.1) is 37.1 Å². The number of alkyl halides is 1. The van der Waals surface area contributed by atoms with Crippen molar-refractivity contribution in [2.45, 2.75) is 50.0 Å². The lowest BCUT2D eigenvalue weighted by Crippen LogP contribution is -2.52. The zero-order valence-electron chi connectivity index (χ0n) is 16.8. The van der Waals surface area contributed by atoms with Crippen molar-refractivity contribution in [1.29, 1.82) is 0 Å². The van der Waals surface area contributed by atoms with Crippen molar-refractivity contribution in [2.75, 3.05) is 19.9 Å². The summed E-state index contributed by atoms with van der Waals surface area (Å²) in [6.07, 6.45) is 5.73. The van der Waals surface area contributed by atoms with Crippen LogP contribution in [-0.4, -0.2) is 45.5 Å². The lowest BCUT2D eigenvalue weighted by molar-refractivity contribution is -0.0340. The van der Waals surface area contributed by atoms with Gasteiger partial charge in [0.15, 0.2) is 0 Å². The van der Waals surface area contributed by atoms with E-state index in [-0.39, 0.29) is 11.6 Å². The van der Waals surface area contributed by atoms with Crippen molar-refractivity contribution in [1.82, 2.24) is 20.0 Å². The van der Waals surface area contributed by atoms with E-state index in [1.807, 2.05) is 36.1 Å². The third-order valence-corrected chi connectivity index (χ3v) is 6.71. The van der Waals surface area contributed by atoms with Crippen LogP contribution in [0.25, 0.3) is 10.9 Å². The molecule has 1 aliphatic carbocycles. The van der Waals surface area contributed by atoms with E-state index in [9.17, 15) is 4.39 Å². The summed E-state index contributed by atoms with van der Waals surface area (Å²) in [5, 5.41) is 9.74. The number of ether oxygens (including phenoxy) is 3. The lowest BCUT2D eigenvalue weighted by atomic mass is 9.69. The molecule has 4 aliphatic rings. The first-order chi connectivity index (χ1) is 14.6. The smallest absolute Gasteiger partial charge is 0.141 e. The molecule has 3 aromatic rings. The Labute approximate surface area is 173 Å². The van der Waals surface area contributed by atoms with Gasteiger partial charge in [-0.05, 0) is 42.7 Å². The standard InChI is InChI=1S/C22H23FN4O3/c1-14(20-8-27(26-25-20)21-10-22(11-21,12-23)29-13-21)30-16-2-3-19-18(6-16)17-4-5-28-9-15(17)7-24-19/h2-3,6-8,14H,4-5,9-13H2,1H3/t14-,21?,22?/m1/s1. The summed E-state index contributed by atoms with van der Waals surface area (Å²) in [5.41, 5.74) is 3.28. The summed E-state index contributed by atoms with van der Waals surface area (Å²) < 4.78 is 32.4. The molecule has 0 unspecified atom stereocenters. The molecule has 156 valence electrons. The third kappa shape index (κ3) is 2.66. The minimum absolute atomic E-state index is 0.257. The van der Waals surface area contributed by atoms with Gasteiger partial charge in [0.2, 0.25) is 0 Å². The Morgan fingerprint density at radius 1 is 1.33 bits per heavy atom. The molecule has 1 saturated carbocycles. The van der Waals surface area contributed by atoms with Gasteiger partial charge in [-0.2, -0.15) is 0 Å². The van der Waals surface area contributed by atoms with Gasteiger partial charge in [0.1, 0.15) is 29.8 Å². The molecule has 3 aliphatic heterocycles. The molecule has 2 saturated heterocycles. The van der Waals surface area contributed by atoms with Gasteiger partial charge in [0.25, 0.3) is 0 Å². The maximum absolute atomic E-state index is 13.2. The van der Waals surface area contributed by atoms with Crippen LogP contribution in [-0.2, 0) is 28.0 Å². The van der Waals surface area contributed by atoms with Gasteiger partial charge in [-0.1, -0.05) is 5.21 Å². The Bertz CT molecular complexity index is 1120. The molecule has 5 heterocycles. The fourth-order valence-electron chi connectivity index (χ4n) is 5.08. The monoisotopic (exact) mass is 410 g/mol. The quantitative estimate of drug-likeness (QED) is 0.643. The largest absolute Gasteiger partial charge is 0.484 e. The van der Waals surface area contributed by atoms with Gasteiger partial charge in [-0.25, -0.2) is 9.07 Å². The average molecular weight is 410 g/mol. The van der Waals surface area contributed by atoms with Gasteiger partial charge < -0.3 is 14.2 Å². The van der Waals surface area contributed by atoms with E-state index in [0.29, 0.717) is 26.1 Å².